The Morgan fingerprint density at radius 1 is 1.00 bits per heavy atom. The van der Waals surface area contributed by atoms with E-state index in [9.17, 15) is 0 Å². The Morgan fingerprint density at radius 2 is 1.00 bits per heavy atom. The van der Waals surface area contributed by atoms with Crippen LogP contribution in [0.1, 0.15) is 0 Å². The fourth-order valence-corrected chi connectivity index (χ4v) is 0. The molecule has 5 heavy (non-hydrogen) atoms. The third-order valence-corrected chi connectivity index (χ3v) is 0. The largest absolute Gasteiger partial charge is 1.00 e. The van der Waals surface area contributed by atoms with Crippen LogP contribution in [0, 0.1) is 0 Å². The molecule has 0 aliphatic rings. The monoisotopic (exact) mass is 362 g/mol. The van der Waals surface area contributed by atoms with Crippen molar-refractivity contribution in [3.63, 3.8) is 0 Å². The summed E-state index contributed by atoms with van der Waals surface area (Å²) in [6.45, 7) is 0. The van der Waals surface area contributed by atoms with Gasteiger partial charge in [0.2, 0.25) is 0 Å². The fraction of sp³-hybridized carbons (Fsp3) is 0. The first kappa shape index (κ1) is 36.6. The summed E-state index contributed by atoms with van der Waals surface area (Å²) < 4.78 is 0. The predicted octanol–water partition coefficient (Wildman–Crippen LogP) is -5.20. The molecule has 0 saturated heterocycles. The minimum Gasteiger partial charge on any atom is -1.00 e. The summed E-state index contributed by atoms with van der Waals surface area (Å²) in [5.74, 6) is 0. The van der Waals surface area contributed by atoms with Crippen LogP contribution in [-0.4, -0.2) is 0 Å². The molecule has 5 heteroatoms. The van der Waals surface area contributed by atoms with E-state index in [1.54, 1.807) is 0 Å². The first-order valence-corrected chi connectivity index (χ1v) is 0. The number of hydrogen-bond donors (Lipinski definition) is 0. The van der Waals surface area contributed by atoms with E-state index in [1.165, 1.54) is 0 Å². The normalized spacial score (nSPS) is 0. The third kappa shape index (κ3) is 18.1. The van der Waals surface area contributed by atoms with Crippen LogP contribution >= 0.6 is 47.4 Å². The molecule has 1 atom stereocenters. The summed E-state index contributed by atoms with van der Waals surface area (Å²) in [4.78, 5) is 0. The molecule has 1 unspecified atom stereocenters. The van der Waals surface area contributed by atoms with E-state index in [4.69, 9.17) is 0 Å². The van der Waals surface area contributed by atoms with Crippen molar-refractivity contribution >= 4 is 47.4 Å². The average molecular weight is 362 g/mol. The maximum absolute atomic E-state index is 0. The summed E-state index contributed by atoms with van der Waals surface area (Å²) in [5, 5.41) is 0. The first-order valence-electron chi connectivity index (χ1n) is 0. The molecule has 0 heterocycles. The Labute approximate surface area is 120 Å². The van der Waals surface area contributed by atoms with Crippen LogP contribution in [0.2, 0.25) is 0 Å². The molecule has 0 fully saturated rings. The summed E-state index contributed by atoms with van der Waals surface area (Å²) >= 11 is 0. The fourth-order valence-electron chi connectivity index (χ4n) is 0. The SMILES string of the molecule is I.P.S.[I-].[K+]. The molecule has 0 nitrogen and oxygen atoms in total. The second kappa shape index (κ2) is 24.8. The zero-order valence-corrected chi connectivity index (χ0v) is 13.0. The Balaban J connectivity index is 0. The van der Waals surface area contributed by atoms with Gasteiger partial charge in [0, 0.05) is 0 Å². The van der Waals surface area contributed by atoms with Gasteiger partial charge in [-0.25, -0.2) is 0 Å². The van der Waals surface area contributed by atoms with Crippen molar-refractivity contribution in [3.05, 3.63) is 0 Å². The molecule has 0 saturated carbocycles. The van der Waals surface area contributed by atoms with E-state index >= 15 is 0 Å². The standard InChI is InChI=1S/2HI.K.H3P.H2S/h2*1H;;1H3;1H2/q;;+1;;/p-1. The van der Waals surface area contributed by atoms with Gasteiger partial charge < -0.3 is 24.0 Å². The predicted molar refractivity (Wildman–Crippen MR) is 36.9 cm³/mol. The summed E-state index contributed by atoms with van der Waals surface area (Å²) in [6.07, 6.45) is 0. The van der Waals surface area contributed by atoms with Gasteiger partial charge in [-0.2, -0.15) is 23.4 Å². The van der Waals surface area contributed by atoms with Crippen molar-refractivity contribution in [2.75, 3.05) is 0 Å². The topological polar surface area (TPSA) is 0 Å². The molecule has 0 spiro atoms. The molecule has 0 bridgehead atoms. The van der Waals surface area contributed by atoms with E-state index in [0.29, 0.717) is 0 Å². The molecule has 0 aromatic carbocycles. The minimum absolute atomic E-state index is 0. The average Bonchev–Trinajstić information content (AvgIpc) is 0. The van der Waals surface area contributed by atoms with Gasteiger partial charge in [0.1, 0.15) is 0 Å². The van der Waals surface area contributed by atoms with E-state index in [1.807, 2.05) is 0 Å². The summed E-state index contributed by atoms with van der Waals surface area (Å²) in [6, 6.07) is 0. The van der Waals surface area contributed by atoms with Crippen molar-refractivity contribution in [1.29, 1.82) is 0 Å². The van der Waals surface area contributed by atoms with Gasteiger partial charge in [0.25, 0.3) is 0 Å². The molecule has 0 aromatic rings. The molecular weight excluding hydrogens is 356 g/mol. The van der Waals surface area contributed by atoms with Crippen molar-refractivity contribution in [1.82, 2.24) is 0 Å². The van der Waals surface area contributed by atoms with Crippen LogP contribution in [0.15, 0.2) is 0 Å². The van der Waals surface area contributed by atoms with Gasteiger partial charge >= 0.3 is 51.4 Å². The van der Waals surface area contributed by atoms with Crippen molar-refractivity contribution < 1.29 is 75.4 Å². The van der Waals surface area contributed by atoms with E-state index in [-0.39, 0.29) is 123 Å². The molecule has 0 amide bonds. The summed E-state index contributed by atoms with van der Waals surface area (Å²) in [7, 11) is 0. The first-order chi connectivity index (χ1) is 0. The third-order valence-electron chi connectivity index (χ3n) is 0. The number of rotatable bonds is 0. The van der Waals surface area contributed by atoms with Crippen LogP contribution < -0.4 is 75.4 Å². The Hall–Kier alpha value is 3.88. The number of hydrogen-bond acceptors (Lipinski definition) is 0. The second-order valence-electron chi connectivity index (χ2n) is 0. The van der Waals surface area contributed by atoms with Crippen LogP contribution in [0.5, 0.6) is 0 Å². The molecule has 0 radical (unpaired) electrons. The second-order valence-corrected chi connectivity index (χ2v) is 0. The van der Waals surface area contributed by atoms with Crippen LogP contribution in [0.25, 0.3) is 0 Å². The Kier molecular flexibility index (Phi) is 182. The van der Waals surface area contributed by atoms with Crippen molar-refractivity contribution in [2.24, 2.45) is 0 Å². The van der Waals surface area contributed by atoms with Crippen LogP contribution in [0.4, 0.5) is 0 Å². The maximum Gasteiger partial charge on any atom is 1.00 e. The molecule has 0 aromatic heterocycles. The molecule has 32 valence electrons. The van der Waals surface area contributed by atoms with Crippen molar-refractivity contribution in [3.8, 4) is 0 Å². The quantitative estimate of drug-likeness (QED) is 0.230. The van der Waals surface area contributed by atoms with Gasteiger partial charge in [0.15, 0.2) is 0 Å². The molecule has 0 aliphatic carbocycles. The minimum atomic E-state index is 0. The molecule has 0 N–H and O–H groups in total. The van der Waals surface area contributed by atoms with Crippen LogP contribution in [0.3, 0.4) is 0 Å². The number of halogens is 2. The summed E-state index contributed by atoms with van der Waals surface area (Å²) in [5.41, 5.74) is 0. The Morgan fingerprint density at radius 3 is 1.00 bits per heavy atom. The van der Waals surface area contributed by atoms with Gasteiger partial charge in [-0.15, -0.1) is 24.0 Å². The van der Waals surface area contributed by atoms with Gasteiger partial charge in [-0.05, 0) is 0 Å². The van der Waals surface area contributed by atoms with E-state index in [2.05, 4.69) is 0 Å². The zero-order valence-electron chi connectivity index (χ0n) is 2.99. The maximum atomic E-state index is 0. The zero-order chi connectivity index (χ0) is 0. The molecule has 0 rings (SSSR count). The van der Waals surface area contributed by atoms with Gasteiger partial charge in [-0.3, -0.25) is 0 Å². The molecule has 0 aliphatic heterocycles. The van der Waals surface area contributed by atoms with Gasteiger partial charge in [0.05, 0.1) is 0 Å². The van der Waals surface area contributed by atoms with Crippen molar-refractivity contribution in [2.45, 2.75) is 0 Å². The molecular formula is H6I2KPS. The van der Waals surface area contributed by atoms with E-state index < -0.39 is 0 Å². The van der Waals surface area contributed by atoms with E-state index in [0.717, 1.165) is 0 Å². The Bertz CT molecular complexity index is 9.61. The van der Waals surface area contributed by atoms with Crippen LogP contribution in [-0.2, 0) is 0 Å². The van der Waals surface area contributed by atoms with Gasteiger partial charge in [-0.1, -0.05) is 0 Å². The smallest absolute Gasteiger partial charge is 1.00 e.